The van der Waals surface area contributed by atoms with E-state index in [0.717, 1.165) is 5.56 Å². The number of thiol groups is 1. The molecule has 0 radical (unpaired) electrons. The summed E-state index contributed by atoms with van der Waals surface area (Å²) in [5.74, 6) is -0.265. The minimum atomic E-state index is -0.869. The molecule has 1 aromatic carbocycles. The van der Waals surface area contributed by atoms with E-state index >= 15 is 0 Å². The van der Waals surface area contributed by atoms with E-state index in [2.05, 4.69) is 22.7 Å². The molecular formula is C13H14ClN3O2S. The quantitative estimate of drug-likeness (QED) is 0.879. The molecule has 0 bridgehead atoms. The zero-order valence-corrected chi connectivity index (χ0v) is 12.3. The fourth-order valence-electron chi connectivity index (χ4n) is 2.21. The zero-order valence-electron chi connectivity index (χ0n) is 10.6. The van der Waals surface area contributed by atoms with E-state index in [1.807, 2.05) is 24.3 Å². The van der Waals surface area contributed by atoms with Crippen LogP contribution < -0.4 is 0 Å². The van der Waals surface area contributed by atoms with E-state index < -0.39 is 5.79 Å². The molecule has 20 heavy (non-hydrogen) atoms. The number of hydrogen-bond acceptors (Lipinski definition) is 5. The Morgan fingerprint density at radius 2 is 2.20 bits per heavy atom. The Morgan fingerprint density at radius 1 is 1.40 bits per heavy atom. The van der Waals surface area contributed by atoms with Gasteiger partial charge in [0.1, 0.15) is 19.2 Å². The third kappa shape index (κ3) is 2.69. The van der Waals surface area contributed by atoms with Gasteiger partial charge in [0, 0.05) is 16.3 Å². The number of benzene rings is 1. The maximum atomic E-state index is 6.07. The molecule has 1 aromatic heterocycles. The highest BCUT2D eigenvalue weighted by atomic mass is 35.5. The monoisotopic (exact) mass is 311 g/mol. The van der Waals surface area contributed by atoms with Crippen LogP contribution in [0.15, 0.2) is 36.9 Å². The number of rotatable bonds is 4. The summed E-state index contributed by atoms with van der Waals surface area (Å²) in [5, 5.41) is 4.79. The first kappa shape index (κ1) is 13.9. The van der Waals surface area contributed by atoms with Crippen molar-refractivity contribution in [2.45, 2.75) is 18.4 Å². The second-order valence-electron chi connectivity index (χ2n) is 4.59. The van der Waals surface area contributed by atoms with E-state index in [9.17, 15) is 0 Å². The predicted octanol–water partition coefficient (Wildman–Crippen LogP) is 2.13. The molecular weight excluding hydrogens is 298 g/mol. The van der Waals surface area contributed by atoms with Crippen molar-refractivity contribution in [3.8, 4) is 0 Å². The van der Waals surface area contributed by atoms with Gasteiger partial charge in [-0.1, -0.05) is 23.7 Å². The molecule has 2 heterocycles. The summed E-state index contributed by atoms with van der Waals surface area (Å²) < 4.78 is 13.7. The second-order valence-corrected chi connectivity index (χ2v) is 5.39. The molecule has 2 atom stereocenters. The van der Waals surface area contributed by atoms with E-state index in [-0.39, 0.29) is 6.10 Å². The lowest BCUT2D eigenvalue weighted by molar-refractivity contribution is -0.186. The van der Waals surface area contributed by atoms with Gasteiger partial charge >= 0.3 is 0 Å². The Hall–Kier alpha value is -1.08. The highest BCUT2D eigenvalue weighted by molar-refractivity contribution is 7.80. The van der Waals surface area contributed by atoms with Gasteiger partial charge in [-0.25, -0.2) is 9.67 Å². The highest BCUT2D eigenvalue weighted by Crippen LogP contribution is 2.36. The van der Waals surface area contributed by atoms with Crippen molar-refractivity contribution in [1.29, 1.82) is 0 Å². The third-order valence-corrected chi connectivity index (χ3v) is 3.84. The molecule has 0 amide bonds. The van der Waals surface area contributed by atoms with Crippen LogP contribution in [0.1, 0.15) is 5.56 Å². The summed E-state index contributed by atoms with van der Waals surface area (Å²) >= 11 is 10.2. The van der Waals surface area contributed by atoms with Crippen LogP contribution in [0.4, 0.5) is 0 Å². The van der Waals surface area contributed by atoms with Crippen LogP contribution in [0, 0.1) is 0 Å². The lowest BCUT2D eigenvalue weighted by Gasteiger charge is -2.28. The fraction of sp³-hybridized carbons (Fsp3) is 0.385. The van der Waals surface area contributed by atoms with Gasteiger partial charge in [-0.3, -0.25) is 0 Å². The summed E-state index contributed by atoms with van der Waals surface area (Å²) in [6.07, 6.45) is 3.08. The molecule has 7 heteroatoms. The molecule has 3 rings (SSSR count). The van der Waals surface area contributed by atoms with E-state index in [4.69, 9.17) is 21.1 Å². The van der Waals surface area contributed by atoms with Crippen LogP contribution >= 0.6 is 24.2 Å². The predicted molar refractivity (Wildman–Crippen MR) is 77.8 cm³/mol. The standard InChI is InChI=1S/C13H14ClN3O2S/c14-11-3-1-10(2-4-11)13(7-17-9-15-8-16-17)18-5-12(6-20)19-13/h1-4,8-9,12,20H,5-7H2/t12-,13+/m1/s1. The van der Waals surface area contributed by atoms with Gasteiger partial charge in [-0.15, -0.1) is 0 Å². The Labute approximate surface area is 127 Å². The van der Waals surface area contributed by atoms with E-state index in [0.29, 0.717) is 23.9 Å². The molecule has 0 spiro atoms. The van der Waals surface area contributed by atoms with Gasteiger partial charge in [0.05, 0.1) is 12.7 Å². The van der Waals surface area contributed by atoms with Crippen molar-refractivity contribution in [2.24, 2.45) is 0 Å². The molecule has 1 aliphatic rings. The molecule has 0 saturated carbocycles. The van der Waals surface area contributed by atoms with Crippen LogP contribution in [-0.2, 0) is 21.8 Å². The Balaban J connectivity index is 1.93. The number of halogens is 1. The molecule has 1 aliphatic heterocycles. The van der Waals surface area contributed by atoms with Crippen LogP contribution in [0.2, 0.25) is 5.02 Å². The van der Waals surface area contributed by atoms with E-state index in [1.165, 1.54) is 6.33 Å². The summed E-state index contributed by atoms with van der Waals surface area (Å²) in [6.45, 7) is 0.930. The van der Waals surface area contributed by atoms with Gasteiger partial charge in [0.25, 0.3) is 0 Å². The van der Waals surface area contributed by atoms with Crippen LogP contribution in [0.5, 0.6) is 0 Å². The first-order valence-electron chi connectivity index (χ1n) is 6.23. The number of nitrogens with zero attached hydrogens (tertiary/aromatic N) is 3. The van der Waals surface area contributed by atoms with Crippen LogP contribution in [0.25, 0.3) is 0 Å². The number of aromatic nitrogens is 3. The Kier molecular flexibility index (Phi) is 3.98. The lowest BCUT2D eigenvalue weighted by Crippen LogP contribution is -2.34. The average Bonchev–Trinajstić information content (AvgIpc) is 3.10. The number of hydrogen-bond donors (Lipinski definition) is 1. The Bertz CT molecular complexity index is 564. The van der Waals surface area contributed by atoms with Gasteiger partial charge < -0.3 is 9.47 Å². The second kappa shape index (κ2) is 5.73. The minimum Gasteiger partial charge on any atom is -0.342 e. The lowest BCUT2D eigenvalue weighted by atomic mass is 10.1. The topological polar surface area (TPSA) is 49.2 Å². The molecule has 0 unspecified atom stereocenters. The number of ether oxygens (including phenoxy) is 2. The molecule has 0 aliphatic carbocycles. The highest BCUT2D eigenvalue weighted by Gasteiger charge is 2.43. The van der Waals surface area contributed by atoms with Crippen molar-refractivity contribution in [2.75, 3.05) is 12.4 Å². The minimum absolute atomic E-state index is 0.0440. The summed E-state index contributed by atoms with van der Waals surface area (Å²) in [5.41, 5.74) is 0.904. The van der Waals surface area contributed by atoms with Crippen molar-refractivity contribution in [3.63, 3.8) is 0 Å². The molecule has 5 nitrogen and oxygen atoms in total. The maximum absolute atomic E-state index is 6.07. The van der Waals surface area contributed by atoms with Gasteiger partial charge in [0.2, 0.25) is 5.79 Å². The maximum Gasteiger partial charge on any atom is 0.215 e. The average molecular weight is 312 g/mol. The van der Waals surface area contributed by atoms with Gasteiger partial charge in [-0.05, 0) is 12.1 Å². The smallest absolute Gasteiger partial charge is 0.215 e. The molecule has 1 saturated heterocycles. The SMILES string of the molecule is SC[C@H]1CO[C@](Cn2cncn2)(c2ccc(Cl)cc2)O1. The van der Waals surface area contributed by atoms with Crippen molar-refractivity contribution in [3.05, 3.63) is 47.5 Å². The van der Waals surface area contributed by atoms with Crippen LogP contribution in [-0.4, -0.2) is 33.2 Å². The van der Waals surface area contributed by atoms with Crippen LogP contribution in [0.3, 0.4) is 0 Å². The van der Waals surface area contributed by atoms with Gasteiger partial charge in [0.15, 0.2) is 0 Å². The van der Waals surface area contributed by atoms with Crippen molar-refractivity contribution in [1.82, 2.24) is 14.8 Å². The molecule has 2 aromatic rings. The molecule has 0 N–H and O–H groups in total. The largest absolute Gasteiger partial charge is 0.342 e. The third-order valence-electron chi connectivity index (χ3n) is 3.18. The Morgan fingerprint density at radius 3 is 2.80 bits per heavy atom. The van der Waals surface area contributed by atoms with E-state index in [1.54, 1.807) is 11.0 Å². The summed E-state index contributed by atoms with van der Waals surface area (Å²) in [4.78, 5) is 3.95. The van der Waals surface area contributed by atoms with Crippen molar-refractivity contribution >= 4 is 24.2 Å². The fourth-order valence-corrected chi connectivity index (χ4v) is 2.52. The van der Waals surface area contributed by atoms with Gasteiger partial charge in [-0.2, -0.15) is 17.7 Å². The molecule has 106 valence electrons. The summed E-state index contributed by atoms with van der Waals surface area (Å²) in [6, 6.07) is 7.45. The first-order valence-corrected chi connectivity index (χ1v) is 7.24. The zero-order chi connectivity index (χ0) is 14.0. The summed E-state index contributed by atoms with van der Waals surface area (Å²) in [7, 11) is 0. The first-order chi connectivity index (χ1) is 9.72. The van der Waals surface area contributed by atoms with Crippen molar-refractivity contribution < 1.29 is 9.47 Å². The normalized spacial score (nSPS) is 26.0. The molecule has 1 fully saturated rings.